The van der Waals surface area contributed by atoms with Crippen molar-refractivity contribution in [2.45, 2.75) is 0 Å². The Hall–Kier alpha value is -1.81. The van der Waals surface area contributed by atoms with E-state index in [1.807, 2.05) is 0 Å². The van der Waals surface area contributed by atoms with Crippen molar-refractivity contribution >= 4 is 11.6 Å². The van der Waals surface area contributed by atoms with Crippen LogP contribution in [0.25, 0.3) is 5.69 Å². The summed E-state index contributed by atoms with van der Waals surface area (Å²) >= 11 is 5.71. The van der Waals surface area contributed by atoms with Crippen LogP contribution in [0.5, 0.6) is 0 Å². The van der Waals surface area contributed by atoms with Gasteiger partial charge in [-0.05, 0) is 24.3 Å². The molecule has 0 atom stereocenters. The van der Waals surface area contributed by atoms with Crippen molar-refractivity contribution in [3.63, 3.8) is 0 Å². The Morgan fingerprint density at radius 3 is 2.33 bits per heavy atom. The summed E-state index contributed by atoms with van der Waals surface area (Å²) in [6.07, 6.45) is 1.32. The van der Waals surface area contributed by atoms with Crippen LogP contribution in [0.2, 0.25) is 5.02 Å². The first-order valence-electron chi connectivity index (χ1n) is 4.25. The Kier molecular flexibility index (Phi) is 2.43. The molecule has 0 aliphatic heterocycles. The zero-order valence-electron chi connectivity index (χ0n) is 7.61. The third kappa shape index (κ3) is 1.85. The molecule has 0 saturated carbocycles. The third-order valence-electron chi connectivity index (χ3n) is 1.94. The summed E-state index contributed by atoms with van der Waals surface area (Å²) in [6, 6.07) is 7.75. The minimum Gasteiger partial charge on any atom is -0.314 e. The fourth-order valence-electron chi connectivity index (χ4n) is 1.26. The van der Waals surface area contributed by atoms with Crippen LogP contribution in [0.3, 0.4) is 0 Å². The molecule has 4 nitrogen and oxygen atoms in total. The Morgan fingerprint density at radius 1 is 1.07 bits per heavy atom. The zero-order chi connectivity index (χ0) is 10.8. The quantitative estimate of drug-likeness (QED) is 0.788. The van der Waals surface area contributed by atoms with Crippen molar-refractivity contribution in [1.82, 2.24) is 9.55 Å². The van der Waals surface area contributed by atoms with Crippen molar-refractivity contribution in [3.05, 3.63) is 62.4 Å². The van der Waals surface area contributed by atoms with Gasteiger partial charge in [0.2, 0.25) is 0 Å². The molecular weight excluding hydrogens is 216 g/mol. The highest BCUT2D eigenvalue weighted by atomic mass is 35.5. The number of hydrogen-bond acceptors (Lipinski definition) is 2. The van der Waals surface area contributed by atoms with Crippen molar-refractivity contribution in [3.8, 4) is 5.69 Å². The maximum absolute atomic E-state index is 11.4. The summed E-state index contributed by atoms with van der Waals surface area (Å²) in [5.41, 5.74) is -0.350. The lowest BCUT2D eigenvalue weighted by atomic mass is 10.3. The van der Waals surface area contributed by atoms with Crippen LogP contribution < -0.4 is 11.2 Å². The molecule has 1 N–H and O–H groups in total. The first-order chi connectivity index (χ1) is 7.18. The second kappa shape index (κ2) is 3.74. The monoisotopic (exact) mass is 222 g/mol. The van der Waals surface area contributed by atoms with Crippen LogP contribution in [0, 0.1) is 0 Å². The molecule has 5 heteroatoms. The SMILES string of the molecule is O=c1cc[nH]c(=O)n1-c1ccc(Cl)cc1. The van der Waals surface area contributed by atoms with Crippen LogP contribution in [0.4, 0.5) is 0 Å². The van der Waals surface area contributed by atoms with Crippen LogP contribution >= 0.6 is 11.6 Å². The van der Waals surface area contributed by atoms with Gasteiger partial charge in [0, 0.05) is 17.3 Å². The number of aromatic amines is 1. The average Bonchev–Trinajstić information content (AvgIpc) is 2.20. The molecule has 1 aromatic heterocycles. The van der Waals surface area contributed by atoms with Gasteiger partial charge in [0.15, 0.2) is 0 Å². The molecule has 0 bridgehead atoms. The molecule has 15 heavy (non-hydrogen) atoms. The van der Waals surface area contributed by atoms with E-state index in [0.29, 0.717) is 10.7 Å². The molecule has 2 aromatic rings. The normalized spacial score (nSPS) is 10.2. The van der Waals surface area contributed by atoms with Crippen LogP contribution in [-0.4, -0.2) is 9.55 Å². The van der Waals surface area contributed by atoms with E-state index in [9.17, 15) is 9.59 Å². The number of nitrogens with one attached hydrogen (secondary N) is 1. The van der Waals surface area contributed by atoms with E-state index in [0.717, 1.165) is 4.57 Å². The van der Waals surface area contributed by atoms with Gasteiger partial charge in [-0.3, -0.25) is 4.79 Å². The maximum Gasteiger partial charge on any atom is 0.332 e. The molecular formula is C10H7ClN2O2. The number of rotatable bonds is 1. The molecule has 2 rings (SSSR count). The highest BCUT2D eigenvalue weighted by Gasteiger charge is 2.02. The van der Waals surface area contributed by atoms with E-state index < -0.39 is 5.69 Å². The number of benzene rings is 1. The lowest BCUT2D eigenvalue weighted by Crippen LogP contribution is -2.32. The van der Waals surface area contributed by atoms with E-state index >= 15 is 0 Å². The Labute approximate surface area is 89.8 Å². The predicted molar refractivity (Wildman–Crippen MR) is 57.7 cm³/mol. The summed E-state index contributed by atoms with van der Waals surface area (Å²) in [5, 5.41) is 0.555. The van der Waals surface area contributed by atoms with Crippen LogP contribution in [-0.2, 0) is 0 Å². The number of halogens is 1. The average molecular weight is 223 g/mol. The lowest BCUT2D eigenvalue weighted by molar-refractivity contribution is 0.875. The second-order valence-corrected chi connectivity index (χ2v) is 3.37. The molecule has 0 fully saturated rings. The molecule has 0 aliphatic rings. The number of aromatic nitrogens is 2. The number of H-pyrrole nitrogens is 1. The standard InChI is InChI=1S/C10H7ClN2O2/c11-7-1-3-8(4-2-7)13-9(14)5-6-12-10(13)15/h1-6H,(H,12,15). The van der Waals surface area contributed by atoms with Gasteiger partial charge in [0.05, 0.1) is 5.69 Å². The van der Waals surface area contributed by atoms with E-state index in [4.69, 9.17) is 11.6 Å². The Balaban J connectivity index is 2.69. The number of nitrogens with zero attached hydrogens (tertiary/aromatic N) is 1. The lowest BCUT2D eigenvalue weighted by Gasteiger charge is -2.02. The zero-order valence-corrected chi connectivity index (χ0v) is 8.36. The van der Waals surface area contributed by atoms with Gasteiger partial charge < -0.3 is 4.98 Å². The predicted octanol–water partition coefficient (Wildman–Crippen LogP) is 1.18. The highest BCUT2D eigenvalue weighted by molar-refractivity contribution is 6.30. The van der Waals surface area contributed by atoms with Crippen LogP contribution in [0.15, 0.2) is 46.1 Å². The molecule has 1 heterocycles. The van der Waals surface area contributed by atoms with Gasteiger partial charge in [-0.25, -0.2) is 9.36 Å². The molecule has 0 amide bonds. The summed E-state index contributed by atoms with van der Waals surface area (Å²) in [4.78, 5) is 25.3. The van der Waals surface area contributed by atoms with Gasteiger partial charge >= 0.3 is 5.69 Å². The summed E-state index contributed by atoms with van der Waals surface area (Å²) in [5.74, 6) is 0. The minimum atomic E-state index is -0.468. The molecule has 0 spiro atoms. The Morgan fingerprint density at radius 2 is 1.73 bits per heavy atom. The van der Waals surface area contributed by atoms with Gasteiger partial charge in [0.1, 0.15) is 0 Å². The second-order valence-electron chi connectivity index (χ2n) is 2.93. The largest absolute Gasteiger partial charge is 0.332 e. The fourth-order valence-corrected chi connectivity index (χ4v) is 1.38. The van der Waals surface area contributed by atoms with E-state index in [-0.39, 0.29) is 5.56 Å². The van der Waals surface area contributed by atoms with E-state index in [1.54, 1.807) is 24.3 Å². The first kappa shape index (κ1) is 9.73. The first-order valence-corrected chi connectivity index (χ1v) is 4.63. The summed E-state index contributed by atoms with van der Waals surface area (Å²) < 4.78 is 1.04. The van der Waals surface area contributed by atoms with E-state index in [2.05, 4.69) is 4.98 Å². The molecule has 0 unspecified atom stereocenters. The van der Waals surface area contributed by atoms with Crippen LogP contribution in [0.1, 0.15) is 0 Å². The molecule has 1 aromatic carbocycles. The van der Waals surface area contributed by atoms with Gasteiger partial charge in [-0.2, -0.15) is 0 Å². The van der Waals surface area contributed by atoms with E-state index in [1.165, 1.54) is 12.3 Å². The molecule has 76 valence electrons. The van der Waals surface area contributed by atoms with Gasteiger partial charge in [0.25, 0.3) is 5.56 Å². The fraction of sp³-hybridized carbons (Fsp3) is 0. The third-order valence-corrected chi connectivity index (χ3v) is 2.19. The van der Waals surface area contributed by atoms with Gasteiger partial charge in [-0.15, -0.1) is 0 Å². The number of hydrogen-bond donors (Lipinski definition) is 1. The molecule has 0 saturated heterocycles. The maximum atomic E-state index is 11.4. The van der Waals surface area contributed by atoms with Crippen molar-refractivity contribution < 1.29 is 0 Å². The molecule has 0 radical (unpaired) electrons. The summed E-state index contributed by atoms with van der Waals surface area (Å²) in [6.45, 7) is 0. The van der Waals surface area contributed by atoms with Gasteiger partial charge in [-0.1, -0.05) is 11.6 Å². The molecule has 0 aliphatic carbocycles. The summed E-state index contributed by atoms with van der Waals surface area (Å²) in [7, 11) is 0. The topological polar surface area (TPSA) is 54.9 Å². The smallest absolute Gasteiger partial charge is 0.314 e. The van der Waals surface area contributed by atoms with Crippen molar-refractivity contribution in [2.24, 2.45) is 0 Å². The Bertz CT molecular complexity index is 555. The van der Waals surface area contributed by atoms with Crippen molar-refractivity contribution in [2.75, 3.05) is 0 Å². The highest BCUT2D eigenvalue weighted by Crippen LogP contribution is 2.10. The van der Waals surface area contributed by atoms with Crippen molar-refractivity contribution in [1.29, 1.82) is 0 Å². The minimum absolute atomic E-state index is 0.374.